The highest BCUT2D eigenvalue weighted by molar-refractivity contribution is 7.92. The van der Waals surface area contributed by atoms with Crippen molar-refractivity contribution in [2.24, 2.45) is 0 Å². The third kappa shape index (κ3) is 3.60. The highest BCUT2D eigenvalue weighted by atomic mass is 32.2. The summed E-state index contributed by atoms with van der Waals surface area (Å²) in [5.74, 6) is 0.721. The van der Waals surface area contributed by atoms with Crippen LogP contribution in [-0.4, -0.2) is 33.6 Å². The van der Waals surface area contributed by atoms with Gasteiger partial charge in [0.2, 0.25) is 0 Å². The Hall–Kier alpha value is -2.74. The van der Waals surface area contributed by atoms with E-state index in [2.05, 4.69) is 10.0 Å². The minimum absolute atomic E-state index is 0.0644. The molecule has 2 N–H and O–H groups in total. The quantitative estimate of drug-likeness (QED) is 0.836. The lowest BCUT2D eigenvalue weighted by Crippen LogP contribution is -2.25. The number of sulfonamides is 1. The largest absolute Gasteiger partial charge is 0.486 e. The first-order valence-corrected chi connectivity index (χ1v) is 9.83. The number of carbonyl (C=O) groups excluding carboxylic acids is 1. The van der Waals surface area contributed by atoms with Crippen LogP contribution in [0, 0.1) is 0 Å². The predicted octanol–water partition coefficient (Wildman–Crippen LogP) is 2.15. The number of ether oxygens (including phenoxy) is 2. The van der Waals surface area contributed by atoms with Gasteiger partial charge in [0.15, 0.2) is 11.5 Å². The minimum Gasteiger partial charge on any atom is -0.486 e. The molecular weight excluding hydrogens is 356 g/mol. The summed E-state index contributed by atoms with van der Waals surface area (Å²) in [5, 5.41) is 2.88. The first-order chi connectivity index (χ1) is 12.5. The average molecular weight is 374 g/mol. The molecule has 2 aromatic rings. The highest BCUT2D eigenvalue weighted by Crippen LogP contribution is 2.32. The minimum atomic E-state index is -3.82. The van der Waals surface area contributed by atoms with Crippen LogP contribution in [0.4, 0.5) is 5.69 Å². The number of rotatable bonds is 5. The van der Waals surface area contributed by atoms with Crippen molar-refractivity contribution in [3.63, 3.8) is 0 Å². The molecule has 0 spiro atoms. The molecule has 0 aromatic heterocycles. The van der Waals surface area contributed by atoms with E-state index in [-0.39, 0.29) is 16.8 Å². The molecule has 8 heteroatoms. The second kappa shape index (κ2) is 6.53. The van der Waals surface area contributed by atoms with Crippen molar-refractivity contribution in [1.29, 1.82) is 0 Å². The molecule has 2 aromatic carbocycles. The molecule has 4 rings (SSSR count). The maximum absolute atomic E-state index is 12.6. The van der Waals surface area contributed by atoms with Crippen LogP contribution in [0.15, 0.2) is 47.4 Å². The Morgan fingerprint density at radius 2 is 1.77 bits per heavy atom. The van der Waals surface area contributed by atoms with Gasteiger partial charge >= 0.3 is 0 Å². The number of nitrogens with one attached hydrogen (secondary N) is 2. The Morgan fingerprint density at radius 3 is 2.54 bits per heavy atom. The predicted molar refractivity (Wildman–Crippen MR) is 95.2 cm³/mol. The van der Waals surface area contributed by atoms with Crippen LogP contribution in [0.3, 0.4) is 0 Å². The van der Waals surface area contributed by atoms with Crippen LogP contribution in [0.5, 0.6) is 11.5 Å². The average Bonchev–Trinajstić information content (AvgIpc) is 3.45. The van der Waals surface area contributed by atoms with Gasteiger partial charge in [-0.3, -0.25) is 9.52 Å². The SMILES string of the molecule is O=C(NC1CC1)c1cccc(NS(=O)(=O)c2ccc3c(c2)OCCO3)c1. The molecule has 1 heterocycles. The monoisotopic (exact) mass is 374 g/mol. The van der Waals surface area contributed by atoms with E-state index in [4.69, 9.17) is 9.47 Å². The Balaban J connectivity index is 1.55. The zero-order chi connectivity index (χ0) is 18.1. The van der Waals surface area contributed by atoms with Crippen molar-refractivity contribution in [3.05, 3.63) is 48.0 Å². The third-order valence-electron chi connectivity index (χ3n) is 4.11. The number of fused-ring (bicyclic) bond motifs is 1. The molecule has 1 amide bonds. The number of hydrogen-bond donors (Lipinski definition) is 2. The fourth-order valence-electron chi connectivity index (χ4n) is 2.63. The summed E-state index contributed by atoms with van der Waals surface area (Å²) >= 11 is 0. The van der Waals surface area contributed by atoms with Crippen LogP contribution in [-0.2, 0) is 10.0 Å². The van der Waals surface area contributed by atoms with Gasteiger partial charge in [-0.25, -0.2) is 8.42 Å². The Labute approximate surface area is 151 Å². The molecule has 1 fully saturated rings. The summed E-state index contributed by atoms with van der Waals surface area (Å²) in [6.45, 7) is 0.815. The van der Waals surface area contributed by atoms with Gasteiger partial charge in [0.25, 0.3) is 15.9 Å². The first kappa shape index (κ1) is 16.7. The fraction of sp³-hybridized carbons (Fsp3) is 0.278. The summed E-state index contributed by atoms with van der Waals surface area (Å²) in [6, 6.07) is 11.1. The van der Waals surface area contributed by atoms with Crippen LogP contribution < -0.4 is 19.5 Å². The number of amides is 1. The maximum Gasteiger partial charge on any atom is 0.262 e. The zero-order valence-corrected chi connectivity index (χ0v) is 14.7. The molecule has 26 heavy (non-hydrogen) atoms. The lowest BCUT2D eigenvalue weighted by molar-refractivity contribution is 0.0951. The van der Waals surface area contributed by atoms with Crippen LogP contribution in [0.1, 0.15) is 23.2 Å². The van der Waals surface area contributed by atoms with Crippen molar-refractivity contribution >= 4 is 21.6 Å². The van der Waals surface area contributed by atoms with E-state index in [9.17, 15) is 13.2 Å². The summed E-state index contributed by atoms with van der Waals surface area (Å²) in [6.07, 6.45) is 1.98. The van der Waals surface area contributed by atoms with Gasteiger partial charge in [-0.2, -0.15) is 0 Å². The van der Waals surface area contributed by atoms with Crippen molar-refractivity contribution in [3.8, 4) is 11.5 Å². The third-order valence-corrected chi connectivity index (χ3v) is 5.49. The van der Waals surface area contributed by atoms with Gasteiger partial charge < -0.3 is 14.8 Å². The smallest absolute Gasteiger partial charge is 0.262 e. The van der Waals surface area contributed by atoms with Gasteiger partial charge in [0.05, 0.1) is 4.90 Å². The van der Waals surface area contributed by atoms with Crippen LogP contribution in [0.25, 0.3) is 0 Å². The lowest BCUT2D eigenvalue weighted by Gasteiger charge is -2.19. The van der Waals surface area contributed by atoms with E-state index < -0.39 is 10.0 Å². The summed E-state index contributed by atoms with van der Waals surface area (Å²) in [4.78, 5) is 12.2. The van der Waals surface area contributed by atoms with Crippen molar-refractivity contribution < 1.29 is 22.7 Å². The van der Waals surface area contributed by atoms with E-state index >= 15 is 0 Å². The molecular formula is C18H18N2O5S. The number of anilines is 1. The standard InChI is InChI=1S/C18H18N2O5S/c21-18(19-13-4-5-13)12-2-1-3-14(10-12)20-26(22,23)15-6-7-16-17(11-15)25-9-8-24-16/h1-3,6-7,10-11,13,20H,4-5,8-9H2,(H,19,21). The molecule has 0 unspecified atom stereocenters. The molecule has 0 radical (unpaired) electrons. The van der Waals surface area contributed by atoms with Crippen molar-refractivity contribution in [2.45, 2.75) is 23.8 Å². The van der Waals surface area contributed by atoms with E-state index in [1.807, 2.05) is 0 Å². The molecule has 1 aliphatic carbocycles. The normalized spacial score (nSPS) is 16.0. The fourth-order valence-corrected chi connectivity index (χ4v) is 3.69. The lowest BCUT2D eigenvalue weighted by atomic mass is 10.2. The molecule has 1 saturated carbocycles. The Morgan fingerprint density at radius 1 is 1.00 bits per heavy atom. The van der Waals surface area contributed by atoms with Crippen molar-refractivity contribution in [2.75, 3.05) is 17.9 Å². The van der Waals surface area contributed by atoms with Gasteiger partial charge in [0.1, 0.15) is 13.2 Å². The van der Waals surface area contributed by atoms with Gasteiger partial charge in [0, 0.05) is 23.4 Å². The van der Waals surface area contributed by atoms with Gasteiger partial charge in [-0.05, 0) is 43.2 Å². The highest BCUT2D eigenvalue weighted by Gasteiger charge is 2.24. The second-order valence-corrected chi connectivity index (χ2v) is 7.92. The van der Waals surface area contributed by atoms with E-state index in [0.29, 0.717) is 36.0 Å². The van der Waals surface area contributed by atoms with Gasteiger partial charge in [-0.1, -0.05) is 6.07 Å². The number of carbonyl (C=O) groups is 1. The molecule has 136 valence electrons. The van der Waals surface area contributed by atoms with E-state index in [1.165, 1.54) is 18.2 Å². The molecule has 0 bridgehead atoms. The molecule has 2 aliphatic rings. The summed E-state index contributed by atoms with van der Waals surface area (Å²) in [7, 11) is -3.82. The molecule has 7 nitrogen and oxygen atoms in total. The number of hydrogen-bond acceptors (Lipinski definition) is 5. The topological polar surface area (TPSA) is 93.7 Å². The van der Waals surface area contributed by atoms with Crippen molar-refractivity contribution in [1.82, 2.24) is 5.32 Å². The zero-order valence-electron chi connectivity index (χ0n) is 13.9. The summed E-state index contributed by atoms with van der Waals surface area (Å²) in [5.41, 5.74) is 0.739. The Bertz CT molecular complexity index is 954. The van der Waals surface area contributed by atoms with Gasteiger partial charge in [-0.15, -0.1) is 0 Å². The summed E-state index contributed by atoms with van der Waals surface area (Å²) < 4.78 is 38.6. The molecule has 1 aliphatic heterocycles. The second-order valence-electron chi connectivity index (χ2n) is 6.24. The Kier molecular flexibility index (Phi) is 4.20. The molecule has 0 atom stereocenters. The molecule has 0 saturated heterocycles. The maximum atomic E-state index is 12.6. The first-order valence-electron chi connectivity index (χ1n) is 8.35. The van der Waals surface area contributed by atoms with E-state index in [1.54, 1.807) is 24.3 Å². The van der Waals surface area contributed by atoms with Crippen LogP contribution in [0.2, 0.25) is 0 Å². The van der Waals surface area contributed by atoms with E-state index in [0.717, 1.165) is 12.8 Å². The number of benzene rings is 2. The van der Waals surface area contributed by atoms with Crippen LogP contribution >= 0.6 is 0 Å².